The molecule has 2 aromatic carbocycles. The number of benzene rings is 2. The van der Waals surface area contributed by atoms with E-state index in [-0.39, 0.29) is 6.10 Å². The minimum absolute atomic E-state index is 0.00725. The van der Waals surface area contributed by atoms with Gasteiger partial charge in [-0.3, -0.25) is 14.9 Å². The molecule has 0 amide bonds. The van der Waals surface area contributed by atoms with E-state index in [1.54, 1.807) is 25.7 Å². The van der Waals surface area contributed by atoms with Gasteiger partial charge in [0.2, 0.25) is 0 Å². The van der Waals surface area contributed by atoms with Gasteiger partial charge >= 0.3 is 0 Å². The maximum absolute atomic E-state index is 5.87. The molecule has 1 aliphatic heterocycles. The summed E-state index contributed by atoms with van der Waals surface area (Å²) in [6.07, 6.45) is 5.19. The van der Waals surface area contributed by atoms with Crippen LogP contribution >= 0.6 is 0 Å². The molecule has 0 aliphatic carbocycles. The highest BCUT2D eigenvalue weighted by molar-refractivity contribution is 5.84. The van der Waals surface area contributed by atoms with Gasteiger partial charge in [0.1, 0.15) is 11.9 Å². The van der Waals surface area contributed by atoms with Crippen molar-refractivity contribution in [3.63, 3.8) is 0 Å². The van der Waals surface area contributed by atoms with E-state index in [1.807, 2.05) is 6.07 Å². The van der Waals surface area contributed by atoms with Gasteiger partial charge in [-0.15, -0.1) is 0 Å². The first kappa shape index (κ1) is 16.0. The van der Waals surface area contributed by atoms with Gasteiger partial charge in [-0.1, -0.05) is 18.2 Å². The number of aromatic nitrogens is 2. The molecule has 0 radical (unpaired) electrons. The maximum atomic E-state index is 5.87. The Morgan fingerprint density at radius 1 is 1.16 bits per heavy atom. The summed E-state index contributed by atoms with van der Waals surface area (Å²) in [6.45, 7) is 3.38. The lowest BCUT2D eigenvalue weighted by Gasteiger charge is -2.32. The number of methoxy groups -OCH3 is 1. The lowest BCUT2D eigenvalue weighted by atomic mass is 10.1. The van der Waals surface area contributed by atoms with E-state index in [0.717, 1.165) is 31.1 Å². The fourth-order valence-electron chi connectivity index (χ4n) is 3.26. The quantitative estimate of drug-likeness (QED) is 0.733. The van der Waals surface area contributed by atoms with Crippen molar-refractivity contribution in [2.45, 2.75) is 12.6 Å². The Kier molecular flexibility index (Phi) is 4.59. The predicted octanol–water partition coefficient (Wildman–Crippen LogP) is 3.21. The summed E-state index contributed by atoms with van der Waals surface area (Å²) in [5.74, 6) is 0.889. The number of hydrogen-bond acceptors (Lipinski definition) is 5. The summed E-state index contributed by atoms with van der Waals surface area (Å²) < 4.78 is 11.2. The number of nitrogens with zero attached hydrogens (tertiary/aromatic N) is 3. The number of rotatable bonds is 4. The van der Waals surface area contributed by atoms with Crippen LogP contribution < -0.4 is 4.74 Å². The number of fused-ring (bicyclic) bond motifs is 1. The van der Waals surface area contributed by atoms with Gasteiger partial charge in [-0.25, -0.2) is 0 Å². The maximum Gasteiger partial charge on any atom is 0.119 e. The SMILES string of the molecule is COc1ccc2cc(CN3CCO[C@@H](c4cnccn4)C3)ccc2c1. The molecule has 0 saturated carbocycles. The summed E-state index contributed by atoms with van der Waals surface area (Å²) >= 11 is 0. The average Bonchev–Trinajstić information content (AvgIpc) is 2.68. The molecule has 0 bridgehead atoms. The summed E-state index contributed by atoms with van der Waals surface area (Å²) in [5, 5.41) is 2.43. The van der Waals surface area contributed by atoms with Crippen LogP contribution in [0.1, 0.15) is 17.4 Å². The first-order valence-electron chi connectivity index (χ1n) is 8.48. The van der Waals surface area contributed by atoms with Crippen LogP contribution in [0.3, 0.4) is 0 Å². The van der Waals surface area contributed by atoms with E-state index in [0.29, 0.717) is 6.61 Å². The Hall–Kier alpha value is -2.50. The lowest BCUT2D eigenvalue weighted by molar-refractivity contribution is -0.0351. The second kappa shape index (κ2) is 7.17. The molecule has 4 rings (SSSR count). The van der Waals surface area contributed by atoms with Crippen LogP contribution in [0.5, 0.6) is 5.75 Å². The molecule has 0 N–H and O–H groups in total. The average molecular weight is 335 g/mol. The van der Waals surface area contributed by atoms with Crippen LogP contribution in [0.2, 0.25) is 0 Å². The highest BCUT2D eigenvalue weighted by Crippen LogP contribution is 2.24. The van der Waals surface area contributed by atoms with Crippen molar-refractivity contribution in [3.8, 4) is 5.75 Å². The zero-order valence-corrected chi connectivity index (χ0v) is 14.3. The molecule has 1 aliphatic rings. The number of hydrogen-bond donors (Lipinski definition) is 0. The fraction of sp³-hybridized carbons (Fsp3) is 0.300. The monoisotopic (exact) mass is 335 g/mol. The standard InChI is InChI=1S/C20H21N3O2/c1-24-18-5-4-16-10-15(2-3-17(16)11-18)13-23-8-9-25-20(14-23)19-12-21-6-7-22-19/h2-7,10-12,20H,8-9,13-14H2,1H3/t20-/m1/s1. The van der Waals surface area contributed by atoms with Crippen molar-refractivity contribution in [2.24, 2.45) is 0 Å². The summed E-state index contributed by atoms with van der Waals surface area (Å²) in [4.78, 5) is 10.9. The Bertz CT molecular complexity index is 854. The van der Waals surface area contributed by atoms with Crippen LogP contribution in [0.15, 0.2) is 55.0 Å². The van der Waals surface area contributed by atoms with E-state index in [4.69, 9.17) is 9.47 Å². The van der Waals surface area contributed by atoms with Crippen LogP contribution in [0, 0.1) is 0 Å². The predicted molar refractivity (Wildman–Crippen MR) is 96.5 cm³/mol. The van der Waals surface area contributed by atoms with E-state index >= 15 is 0 Å². The molecule has 25 heavy (non-hydrogen) atoms. The molecular formula is C20H21N3O2. The summed E-state index contributed by atoms with van der Waals surface area (Å²) in [6, 6.07) is 12.8. The van der Waals surface area contributed by atoms with Gasteiger partial charge in [-0.2, -0.15) is 0 Å². The molecule has 2 heterocycles. The van der Waals surface area contributed by atoms with Gasteiger partial charge in [0, 0.05) is 32.0 Å². The topological polar surface area (TPSA) is 47.5 Å². The highest BCUT2D eigenvalue weighted by atomic mass is 16.5. The molecule has 5 heteroatoms. The second-order valence-electron chi connectivity index (χ2n) is 6.27. The normalized spacial score (nSPS) is 18.4. The molecule has 1 aromatic heterocycles. The smallest absolute Gasteiger partial charge is 0.119 e. The Labute approximate surface area is 147 Å². The third kappa shape index (κ3) is 3.62. The van der Waals surface area contributed by atoms with Gasteiger partial charge < -0.3 is 9.47 Å². The van der Waals surface area contributed by atoms with E-state index in [9.17, 15) is 0 Å². The highest BCUT2D eigenvalue weighted by Gasteiger charge is 2.23. The van der Waals surface area contributed by atoms with Crippen LogP contribution in [0.4, 0.5) is 0 Å². The zero-order chi connectivity index (χ0) is 17.1. The summed E-state index contributed by atoms with van der Waals surface area (Å²) in [5.41, 5.74) is 2.20. The van der Waals surface area contributed by atoms with Gasteiger partial charge in [0.15, 0.2) is 0 Å². The van der Waals surface area contributed by atoms with Crippen molar-refractivity contribution in [2.75, 3.05) is 26.8 Å². The first-order chi connectivity index (χ1) is 12.3. The van der Waals surface area contributed by atoms with Crippen LogP contribution in [-0.2, 0) is 11.3 Å². The second-order valence-corrected chi connectivity index (χ2v) is 6.27. The third-order valence-corrected chi connectivity index (χ3v) is 4.58. The molecule has 5 nitrogen and oxygen atoms in total. The van der Waals surface area contributed by atoms with Crippen molar-refractivity contribution in [1.29, 1.82) is 0 Å². The van der Waals surface area contributed by atoms with Crippen LogP contribution in [0.25, 0.3) is 10.8 Å². The first-order valence-corrected chi connectivity index (χ1v) is 8.48. The van der Waals surface area contributed by atoms with Crippen molar-refractivity contribution in [1.82, 2.24) is 14.9 Å². The molecule has 1 atom stereocenters. The molecule has 1 saturated heterocycles. The van der Waals surface area contributed by atoms with Gasteiger partial charge in [0.25, 0.3) is 0 Å². The van der Waals surface area contributed by atoms with E-state index < -0.39 is 0 Å². The van der Waals surface area contributed by atoms with Gasteiger partial charge in [0.05, 0.1) is 25.6 Å². The summed E-state index contributed by atoms with van der Waals surface area (Å²) in [7, 11) is 1.70. The largest absolute Gasteiger partial charge is 0.497 e. The van der Waals surface area contributed by atoms with E-state index in [1.165, 1.54) is 16.3 Å². The molecule has 128 valence electrons. The fourth-order valence-corrected chi connectivity index (χ4v) is 3.26. The van der Waals surface area contributed by atoms with Crippen molar-refractivity contribution >= 4 is 10.8 Å². The Morgan fingerprint density at radius 3 is 2.88 bits per heavy atom. The van der Waals surface area contributed by atoms with Crippen molar-refractivity contribution < 1.29 is 9.47 Å². The van der Waals surface area contributed by atoms with Crippen LogP contribution in [-0.4, -0.2) is 41.7 Å². The van der Waals surface area contributed by atoms with Crippen molar-refractivity contribution in [3.05, 3.63) is 66.2 Å². The molecular weight excluding hydrogens is 314 g/mol. The molecule has 0 unspecified atom stereocenters. The minimum atomic E-state index is -0.00725. The lowest BCUT2D eigenvalue weighted by Crippen LogP contribution is -2.38. The number of morpholine rings is 1. The minimum Gasteiger partial charge on any atom is -0.497 e. The molecule has 1 fully saturated rings. The van der Waals surface area contributed by atoms with E-state index in [2.05, 4.69) is 45.2 Å². The number of ether oxygens (including phenoxy) is 2. The molecule has 0 spiro atoms. The molecule has 3 aromatic rings. The third-order valence-electron chi connectivity index (χ3n) is 4.58. The Balaban J connectivity index is 1.48. The zero-order valence-electron chi connectivity index (χ0n) is 14.3. The Morgan fingerprint density at radius 2 is 2.04 bits per heavy atom. The van der Waals surface area contributed by atoms with Gasteiger partial charge in [-0.05, 0) is 34.5 Å².